The molecule has 3 rings (SSSR count). The third-order valence-electron chi connectivity index (χ3n) is 4.31. The molecule has 0 saturated carbocycles. The minimum atomic E-state index is -0.683. The number of hydrogen-bond acceptors (Lipinski definition) is 7. The first kappa shape index (κ1) is 16.9. The average molecular weight is 345 g/mol. The van der Waals surface area contributed by atoms with E-state index in [0.717, 1.165) is 0 Å². The van der Waals surface area contributed by atoms with Gasteiger partial charge in [0.2, 0.25) is 6.79 Å². The van der Waals surface area contributed by atoms with Crippen molar-refractivity contribution >= 4 is 11.9 Å². The molecule has 0 radical (unpaired) electrons. The highest BCUT2D eigenvalue weighted by Gasteiger charge is 2.40. The number of dihydropyridines is 1. The van der Waals surface area contributed by atoms with Gasteiger partial charge in [-0.1, -0.05) is 12.1 Å². The summed E-state index contributed by atoms with van der Waals surface area (Å²) in [7, 11) is 2.61. The molecule has 2 heterocycles. The fourth-order valence-electron chi connectivity index (χ4n) is 3.25. The van der Waals surface area contributed by atoms with Gasteiger partial charge in [-0.15, -0.1) is 0 Å². The molecule has 0 bridgehead atoms. The molecule has 2 aliphatic heterocycles. The van der Waals surface area contributed by atoms with Crippen molar-refractivity contribution in [3.8, 4) is 11.5 Å². The van der Waals surface area contributed by atoms with Gasteiger partial charge in [-0.3, -0.25) is 0 Å². The van der Waals surface area contributed by atoms with Gasteiger partial charge < -0.3 is 24.3 Å². The smallest absolute Gasteiger partial charge is 0.336 e. The van der Waals surface area contributed by atoms with Crippen LogP contribution in [0.2, 0.25) is 0 Å². The Morgan fingerprint density at radius 1 is 1.04 bits per heavy atom. The Kier molecular flexibility index (Phi) is 4.39. The number of fused-ring (bicyclic) bond motifs is 1. The number of carbonyl (C=O) groups excluding carboxylic acids is 2. The zero-order valence-corrected chi connectivity index (χ0v) is 14.5. The maximum Gasteiger partial charge on any atom is 0.336 e. The highest BCUT2D eigenvalue weighted by atomic mass is 16.7. The zero-order valence-electron chi connectivity index (χ0n) is 14.5. The van der Waals surface area contributed by atoms with Crippen LogP contribution in [0.25, 0.3) is 0 Å². The molecule has 1 N–H and O–H groups in total. The predicted octanol–water partition coefficient (Wildman–Crippen LogP) is 2.00. The Bertz CT molecular complexity index is 770. The molecule has 1 aromatic carbocycles. The lowest BCUT2D eigenvalue weighted by molar-refractivity contribution is -0.137. The zero-order chi connectivity index (χ0) is 18.1. The highest BCUT2D eigenvalue weighted by molar-refractivity contribution is 6.00. The molecule has 2 aliphatic rings. The van der Waals surface area contributed by atoms with Gasteiger partial charge in [-0.05, 0) is 19.9 Å². The van der Waals surface area contributed by atoms with Crippen LogP contribution in [0.4, 0.5) is 0 Å². The number of para-hydroxylation sites is 1. The van der Waals surface area contributed by atoms with E-state index < -0.39 is 17.9 Å². The normalized spacial score (nSPS) is 16.6. The van der Waals surface area contributed by atoms with E-state index in [2.05, 4.69) is 5.32 Å². The van der Waals surface area contributed by atoms with E-state index in [1.165, 1.54) is 14.2 Å². The Labute approximate surface area is 145 Å². The van der Waals surface area contributed by atoms with Gasteiger partial charge in [0.15, 0.2) is 11.5 Å². The monoisotopic (exact) mass is 345 g/mol. The van der Waals surface area contributed by atoms with Crippen LogP contribution in [0.1, 0.15) is 25.3 Å². The van der Waals surface area contributed by atoms with Crippen LogP contribution in [0.5, 0.6) is 11.5 Å². The first-order valence-electron chi connectivity index (χ1n) is 7.73. The summed E-state index contributed by atoms with van der Waals surface area (Å²) in [5.41, 5.74) is 2.53. The van der Waals surface area contributed by atoms with Crippen molar-refractivity contribution < 1.29 is 28.5 Å². The summed E-state index contributed by atoms with van der Waals surface area (Å²) in [5, 5.41) is 3.06. The SMILES string of the molecule is COC(=O)C1=C(C)NC(C)=C(C(=O)OC)C1c1cccc2c1OCO2. The Morgan fingerprint density at radius 3 is 2.20 bits per heavy atom. The summed E-state index contributed by atoms with van der Waals surface area (Å²) < 4.78 is 20.9. The first-order valence-corrected chi connectivity index (χ1v) is 7.73. The van der Waals surface area contributed by atoms with Crippen molar-refractivity contribution in [2.75, 3.05) is 21.0 Å². The molecule has 1 aromatic rings. The van der Waals surface area contributed by atoms with Gasteiger partial charge in [0.1, 0.15) is 0 Å². The first-order chi connectivity index (χ1) is 12.0. The summed E-state index contributed by atoms with van der Waals surface area (Å²) in [5.74, 6) is -0.656. The van der Waals surface area contributed by atoms with E-state index in [-0.39, 0.29) is 6.79 Å². The van der Waals surface area contributed by atoms with E-state index in [9.17, 15) is 9.59 Å². The lowest BCUT2D eigenvalue weighted by atomic mass is 9.80. The number of nitrogens with one attached hydrogen (secondary N) is 1. The van der Waals surface area contributed by atoms with Crippen LogP contribution in [-0.4, -0.2) is 33.0 Å². The van der Waals surface area contributed by atoms with Crippen molar-refractivity contribution in [2.24, 2.45) is 0 Å². The topological polar surface area (TPSA) is 83.1 Å². The number of rotatable bonds is 3. The minimum absolute atomic E-state index is 0.0871. The number of hydrogen-bond donors (Lipinski definition) is 1. The fourth-order valence-corrected chi connectivity index (χ4v) is 3.25. The van der Waals surface area contributed by atoms with Gasteiger partial charge >= 0.3 is 11.9 Å². The molecule has 0 atom stereocenters. The standard InChI is InChI=1S/C18H19NO6/c1-9-13(17(20)22-3)15(14(10(2)19-9)18(21)23-4)11-6-5-7-12-16(11)25-8-24-12/h5-7,15,19H,8H2,1-4H3. The quantitative estimate of drug-likeness (QED) is 0.839. The number of allylic oxidation sites excluding steroid dienone is 2. The van der Waals surface area contributed by atoms with Crippen LogP contribution in [0, 0.1) is 0 Å². The molecule has 0 aliphatic carbocycles. The second-order valence-electron chi connectivity index (χ2n) is 5.70. The Hall–Kier alpha value is -2.96. The number of carbonyl (C=O) groups is 2. The van der Waals surface area contributed by atoms with Crippen LogP contribution in [0.15, 0.2) is 40.7 Å². The van der Waals surface area contributed by atoms with E-state index in [4.69, 9.17) is 18.9 Å². The third-order valence-corrected chi connectivity index (χ3v) is 4.31. The molecular weight excluding hydrogens is 326 g/mol. The van der Waals surface area contributed by atoms with Crippen LogP contribution in [-0.2, 0) is 19.1 Å². The van der Waals surface area contributed by atoms with Crippen molar-refractivity contribution in [3.05, 3.63) is 46.3 Å². The van der Waals surface area contributed by atoms with Crippen LogP contribution >= 0.6 is 0 Å². The van der Waals surface area contributed by atoms with E-state index in [1.807, 2.05) is 0 Å². The molecule has 0 amide bonds. The molecule has 0 fully saturated rings. The number of methoxy groups -OCH3 is 2. The Balaban J connectivity index is 2.25. The summed E-state index contributed by atoms with van der Waals surface area (Å²) in [6, 6.07) is 5.37. The van der Waals surface area contributed by atoms with Gasteiger partial charge in [-0.25, -0.2) is 9.59 Å². The second-order valence-corrected chi connectivity index (χ2v) is 5.70. The van der Waals surface area contributed by atoms with Gasteiger partial charge in [-0.2, -0.15) is 0 Å². The van der Waals surface area contributed by atoms with Crippen molar-refractivity contribution in [1.82, 2.24) is 5.32 Å². The molecule has 0 saturated heterocycles. The maximum absolute atomic E-state index is 12.5. The Morgan fingerprint density at radius 2 is 1.64 bits per heavy atom. The van der Waals surface area contributed by atoms with Gasteiger partial charge in [0.05, 0.1) is 31.3 Å². The van der Waals surface area contributed by atoms with Crippen molar-refractivity contribution in [1.29, 1.82) is 0 Å². The molecular formula is C18H19NO6. The highest BCUT2D eigenvalue weighted by Crippen LogP contribution is 2.47. The molecule has 7 nitrogen and oxygen atoms in total. The van der Waals surface area contributed by atoms with Crippen molar-refractivity contribution in [2.45, 2.75) is 19.8 Å². The van der Waals surface area contributed by atoms with Crippen LogP contribution in [0.3, 0.4) is 0 Å². The van der Waals surface area contributed by atoms with E-state index in [1.54, 1.807) is 32.0 Å². The van der Waals surface area contributed by atoms with E-state index >= 15 is 0 Å². The molecule has 0 unspecified atom stereocenters. The second kappa shape index (κ2) is 6.51. The van der Waals surface area contributed by atoms with Gasteiger partial charge in [0.25, 0.3) is 0 Å². The molecule has 25 heavy (non-hydrogen) atoms. The predicted molar refractivity (Wildman–Crippen MR) is 87.9 cm³/mol. The van der Waals surface area contributed by atoms with Crippen molar-refractivity contribution in [3.63, 3.8) is 0 Å². The summed E-state index contributed by atoms with van der Waals surface area (Å²) in [4.78, 5) is 24.9. The van der Waals surface area contributed by atoms with Crippen LogP contribution < -0.4 is 14.8 Å². The lowest BCUT2D eigenvalue weighted by Crippen LogP contribution is -2.32. The number of benzene rings is 1. The largest absolute Gasteiger partial charge is 0.466 e. The average Bonchev–Trinajstić information content (AvgIpc) is 3.08. The molecule has 0 aromatic heterocycles. The summed E-state index contributed by atoms with van der Waals surface area (Å²) >= 11 is 0. The number of ether oxygens (including phenoxy) is 4. The molecule has 0 spiro atoms. The van der Waals surface area contributed by atoms with Gasteiger partial charge in [0, 0.05) is 17.0 Å². The maximum atomic E-state index is 12.5. The number of esters is 2. The van der Waals surface area contributed by atoms with E-state index in [0.29, 0.717) is 39.6 Å². The fraction of sp³-hybridized carbons (Fsp3) is 0.333. The summed E-state index contributed by atoms with van der Waals surface area (Å²) in [6.45, 7) is 3.61. The minimum Gasteiger partial charge on any atom is -0.466 e. The summed E-state index contributed by atoms with van der Waals surface area (Å²) in [6.07, 6.45) is 0. The third kappa shape index (κ3) is 2.71. The molecule has 7 heteroatoms. The molecule has 132 valence electrons. The lowest BCUT2D eigenvalue weighted by Gasteiger charge is -2.30.